The summed E-state index contributed by atoms with van der Waals surface area (Å²) in [5.41, 5.74) is 0.789. The lowest BCUT2D eigenvalue weighted by Crippen LogP contribution is -2.38. The van der Waals surface area contributed by atoms with Crippen molar-refractivity contribution in [2.75, 3.05) is 7.11 Å². The lowest BCUT2D eigenvalue weighted by atomic mass is 10.1. The molecule has 0 spiro atoms. The summed E-state index contributed by atoms with van der Waals surface area (Å²) >= 11 is 0. The normalized spacial score (nSPS) is 22.6. The second-order valence-electron chi connectivity index (χ2n) is 5.45. The third-order valence-electron chi connectivity index (χ3n) is 4.01. The summed E-state index contributed by atoms with van der Waals surface area (Å²) in [7, 11) is 1.55. The third-order valence-corrected chi connectivity index (χ3v) is 4.01. The van der Waals surface area contributed by atoms with Crippen molar-refractivity contribution < 1.29 is 14.8 Å². The minimum Gasteiger partial charge on any atom is -0.496 e. The van der Waals surface area contributed by atoms with Crippen molar-refractivity contribution >= 4 is 5.69 Å². The summed E-state index contributed by atoms with van der Waals surface area (Å²) in [6, 6.07) is 4.60. The Morgan fingerprint density at radius 1 is 1.38 bits per heavy atom. The Bertz CT molecular complexity index is 493. The molecule has 1 saturated carbocycles. The minimum absolute atomic E-state index is 0.0384. The lowest BCUT2D eigenvalue weighted by molar-refractivity contribution is -0.384. The molecule has 0 heterocycles. The Kier molecular flexibility index (Phi) is 5.52. The average molecular weight is 294 g/mol. The van der Waals surface area contributed by atoms with Crippen molar-refractivity contribution in [3.05, 3.63) is 33.9 Å². The van der Waals surface area contributed by atoms with Crippen LogP contribution < -0.4 is 10.1 Å². The first-order valence-corrected chi connectivity index (χ1v) is 7.34. The van der Waals surface area contributed by atoms with Crippen LogP contribution in [0.5, 0.6) is 5.75 Å². The van der Waals surface area contributed by atoms with Crippen LogP contribution in [-0.4, -0.2) is 29.3 Å². The fourth-order valence-corrected chi connectivity index (χ4v) is 2.78. The molecule has 1 aliphatic rings. The zero-order chi connectivity index (χ0) is 15.2. The van der Waals surface area contributed by atoms with Gasteiger partial charge in [-0.05, 0) is 18.9 Å². The topological polar surface area (TPSA) is 84.6 Å². The van der Waals surface area contributed by atoms with Crippen molar-refractivity contribution in [1.29, 1.82) is 0 Å². The van der Waals surface area contributed by atoms with Crippen molar-refractivity contribution in [3.63, 3.8) is 0 Å². The molecule has 116 valence electrons. The SMILES string of the molecule is COc1ccc([N+](=O)[O-])cc1CNC1CCCCCC1O. The second kappa shape index (κ2) is 7.38. The number of benzene rings is 1. The fraction of sp³-hybridized carbons (Fsp3) is 0.600. The van der Waals surface area contributed by atoms with E-state index in [-0.39, 0.29) is 17.8 Å². The zero-order valence-electron chi connectivity index (χ0n) is 12.2. The van der Waals surface area contributed by atoms with Gasteiger partial charge in [0.25, 0.3) is 5.69 Å². The van der Waals surface area contributed by atoms with Crippen LogP contribution in [-0.2, 0) is 6.54 Å². The largest absolute Gasteiger partial charge is 0.496 e. The van der Waals surface area contributed by atoms with Gasteiger partial charge in [-0.25, -0.2) is 0 Å². The fourth-order valence-electron chi connectivity index (χ4n) is 2.78. The smallest absolute Gasteiger partial charge is 0.270 e. The quantitative estimate of drug-likeness (QED) is 0.495. The highest BCUT2D eigenvalue weighted by molar-refractivity contribution is 5.43. The molecule has 2 rings (SSSR count). The van der Waals surface area contributed by atoms with Gasteiger partial charge in [0, 0.05) is 30.3 Å². The number of hydrogen-bond acceptors (Lipinski definition) is 5. The number of aliphatic hydroxyl groups excluding tert-OH is 1. The van der Waals surface area contributed by atoms with Crippen LogP contribution in [0.2, 0.25) is 0 Å². The number of rotatable bonds is 5. The Hall–Kier alpha value is -1.66. The molecule has 2 atom stereocenters. The number of hydrogen-bond donors (Lipinski definition) is 2. The van der Waals surface area contributed by atoms with Gasteiger partial charge in [-0.2, -0.15) is 0 Å². The maximum atomic E-state index is 10.9. The van der Waals surface area contributed by atoms with Gasteiger partial charge in [-0.1, -0.05) is 19.3 Å². The Morgan fingerprint density at radius 2 is 2.14 bits per heavy atom. The summed E-state index contributed by atoms with van der Waals surface area (Å²) in [5.74, 6) is 0.621. The molecule has 0 aromatic heterocycles. The Balaban J connectivity index is 2.07. The zero-order valence-corrected chi connectivity index (χ0v) is 12.2. The lowest BCUT2D eigenvalue weighted by Gasteiger charge is -2.22. The molecule has 0 radical (unpaired) electrons. The molecule has 21 heavy (non-hydrogen) atoms. The molecule has 1 aromatic carbocycles. The third kappa shape index (κ3) is 4.15. The number of methoxy groups -OCH3 is 1. The van der Waals surface area contributed by atoms with Crippen LogP contribution in [0.25, 0.3) is 0 Å². The molecule has 0 saturated heterocycles. The van der Waals surface area contributed by atoms with Crippen molar-refractivity contribution in [2.24, 2.45) is 0 Å². The monoisotopic (exact) mass is 294 g/mol. The van der Waals surface area contributed by atoms with Crippen molar-refractivity contribution in [2.45, 2.75) is 50.8 Å². The molecular weight excluding hydrogens is 272 g/mol. The van der Waals surface area contributed by atoms with E-state index in [2.05, 4.69) is 5.32 Å². The highest BCUT2D eigenvalue weighted by Crippen LogP contribution is 2.25. The van der Waals surface area contributed by atoms with Gasteiger partial charge < -0.3 is 15.2 Å². The van der Waals surface area contributed by atoms with Gasteiger partial charge in [0.1, 0.15) is 5.75 Å². The van der Waals surface area contributed by atoms with Gasteiger partial charge in [0.05, 0.1) is 18.1 Å². The van der Waals surface area contributed by atoms with Crippen LogP contribution in [0.15, 0.2) is 18.2 Å². The molecule has 1 aliphatic carbocycles. The molecule has 0 amide bonds. The number of aliphatic hydroxyl groups is 1. The first-order valence-electron chi connectivity index (χ1n) is 7.34. The van der Waals surface area contributed by atoms with Crippen LogP contribution in [0.4, 0.5) is 5.69 Å². The first-order chi connectivity index (χ1) is 10.1. The predicted octanol–water partition coefficient (Wildman–Crippen LogP) is 2.39. The predicted molar refractivity (Wildman–Crippen MR) is 79.4 cm³/mol. The maximum absolute atomic E-state index is 10.9. The molecule has 1 fully saturated rings. The molecule has 0 aliphatic heterocycles. The van der Waals surface area contributed by atoms with E-state index in [9.17, 15) is 15.2 Å². The van der Waals surface area contributed by atoms with E-state index in [0.717, 1.165) is 37.7 Å². The summed E-state index contributed by atoms with van der Waals surface area (Å²) in [6.07, 6.45) is 4.69. The van der Waals surface area contributed by atoms with E-state index in [1.165, 1.54) is 12.1 Å². The highest BCUT2D eigenvalue weighted by atomic mass is 16.6. The minimum atomic E-state index is -0.413. The molecule has 6 nitrogen and oxygen atoms in total. The number of nitrogens with zero attached hydrogens (tertiary/aromatic N) is 1. The van der Waals surface area contributed by atoms with Gasteiger partial charge in [-0.3, -0.25) is 10.1 Å². The molecule has 1 aromatic rings. The van der Waals surface area contributed by atoms with E-state index in [1.54, 1.807) is 13.2 Å². The Labute approximate surface area is 124 Å². The van der Waals surface area contributed by atoms with E-state index in [0.29, 0.717) is 12.3 Å². The van der Waals surface area contributed by atoms with Gasteiger partial charge in [-0.15, -0.1) is 0 Å². The molecule has 6 heteroatoms. The van der Waals surface area contributed by atoms with Gasteiger partial charge in [0.2, 0.25) is 0 Å². The van der Waals surface area contributed by atoms with E-state index in [4.69, 9.17) is 4.74 Å². The molecule has 2 unspecified atom stereocenters. The number of nitro groups is 1. The number of nitrogens with one attached hydrogen (secondary N) is 1. The summed E-state index contributed by atoms with van der Waals surface area (Å²) in [5, 5.41) is 24.3. The summed E-state index contributed by atoms with van der Waals surface area (Å²) in [6.45, 7) is 0.451. The van der Waals surface area contributed by atoms with Gasteiger partial charge in [0.15, 0.2) is 0 Å². The maximum Gasteiger partial charge on any atom is 0.270 e. The van der Waals surface area contributed by atoms with Crippen LogP contribution >= 0.6 is 0 Å². The van der Waals surface area contributed by atoms with Crippen LogP contribution in [0.1, 0.15) is 37.7 Å². The van der Waals surface area contributed by atoms with Crippen molar-refractivity contribution in [3.8, 4) is 5.75 Å². The highest BCUT2D eigenvalue weighted by Gasteiger charge is 2.21. The summed E-state index contributed by atoms with van der Waals surface area (Å²) in [4.78, 5) is 10.4. The number of ether oxygens (including phenoxy) is 1. The molecular formula is C15H22N2O4. The average Bonchev–Trinajstić information content (AvgIpc) is 2.69. The first kappa shape index (κ1) is 15.7. The second-order valence-corrected chi connectivity index (χ2v) is 5.45. The molecule has 0 bridgehead atoms. The molecule has 2 N–H and O–H groups in total. The van der Waals surface area contributed by atoms with E-state index >= 15 is 0 Å². The van der Waals surface area contributed by atoms with E-state index in [1.807, 2.05) is 0 Å². The van der Waals surface area contributed by atoms with E-state index < -0.39 is 4.92 Å². The van der Waals surface area contributed by atoms with Gasteiger partial charge >= 0.3 is 0 Å². The summed E-state index contributed by atoms with van der Waals surface area (Å²) < 4.78 is 5.25. The van der Waals surface area contributed by atoms with Crippen LogP contribution in [0, 0.1) is 10.1 Å². The number of non-ortho nitro benzene ring substituents is 1. The van der Waals surface area contributed by atoms with Crippen LogP contribution in [0.3, 0.4) is 0 Å². The number of nitro benzene ring substituents is 1. The Morgan fingerprint density at radius 3 is 2.86 bits per heavy atom. The van der Waals surface area contributed by atoms with Crippen molar-refractivity contribution in [1.82, 2.24) is 5.32 Å². The standard InChI is InChI=1S/C15H22N2O4/c1-21-15-8-7-12(17(19)20)9-11(15)10-16-13-5-3-2-4-6-14(13)18/h7-9,13-14,16,18H,2-6,10H2,1H3.